The molecule has 1 unspecified atom stereocenters. The quantitative estimate of drug-likeness (QED) is 0.595. The first-order valence-corrected chi connectivity index (χ1v) is 9.14. The summed E-state index contributed by atoms with van der Waals surface area (Å²) in [5, 5.41) is 0.574. The molecule has 5 heteroatoms. The monoisotopic (exact) mass is 355 g/mol. The fourth-order valence-corrected chi connectivity index (χ4v) is 4.65. The molecule has 3 aliphatic rings. The number of anilines is 1. The molecule has 0 radical (unpaired) electrons. The lowest BCUT2D eigenvalue weighted by atomic mass is 9.76. The number of carbonyl (C=O) groups is 1. The van der Waals surface area contributed by atoms with Gasteiger partial charge in [0.15, 0.2) is 5.75 Å². The molecule has 1 spiro atoms. The zero-order valence-corrected chi connectivity index (χ0v) is 14.5. The van der Waals surface area contributed by atoms with Gasteiger partial charge in [-0.3, -0.25) is 4.90 Å². The normalized spacial score (nSPS) is 23.2. The Morgan fingerprint density at radius 1 is 1.04 bits per heavy atom. The Bertz CT molecular complexity index is 860. The van der Waals surface area contributed by atoms with Crippen LogP contribution >= 0.6 is 11.6 Å². The predicted molar refractivity (Wildman–Crippen MR) is 95.5 cm³/mol. The molecule has 0 bridgehead atoms. The molecule has 2 heterocycles. The van der Waals surface area contributed by atoms with E-state index in [0.29, 0.717) is 16.5 Å². The van der Waals surface area contributed by atoms with Crippen LogP contribution in [0.1, 0.15) is 43.7 Å². The number of amides is 1. The number of rotatable bonds is 0. The van der Waals surface area contributed by atoms with E-state index in [1.165, 1.54) is 6.42 Å². The first-order chi connectivity index (χ1) is 12.2. The van der Waals surface area contributed by atoms with Gasteiger partial charge in [0.05, 0.1) is 5.69 Å². The third-order valence-electron chi connectivity index (χ3n) is 5.56. The maximum atomic E-state index is 12.9. The van der Waals surface area contributed by atoms with E-state index >= 15 is 0 Å². The van der Waals surface area contributed by atoms with Gasteiger partial charge in [-0.15, -0.1) is 0 Å². The Morgan fingerprint density at radius 3 is 2.68 bits per heavy atom. The van der Waals surface area contributed by atoms with E-state index in [-0.39, 0.29) is 12.1 Å². The van der Waals surface area contributed by atoms with Crippen LogP contribution in [0.5, 0.6) is 11.5 Å². The number of halogens is 1. The molecule has 1 amide bonds. The summed E-state index contributed by atoms with van der Waals surface area (Å²) < 4.78 is 12.2. The topological polar surface area (TPSA) is 38.8 Å². The Kier molecular flexibility index (Phi) is 3.26. The molecule has 2 fully saturated rings. The molecule has 2 aromatic carbocycles. The largest absolute Gasteiger partial charge is 0.455 e. The third kappa shape index (κ3) is 2.17. The molecule has 25 heavy (non-hydrogen) atoms. The predicted octanol–water partition coefficient (Wildman–Crippen LogP) is 5.85. The van der Waals surface area contributed by atoms with Crippen molar-refractivity contribution >= 4 is 23.4 Å². The average Bonchev–Trinajstić information content (AvgIpc) is 2.80. The molecule has 1 saturated carbocycles. The molecule has 5 rings (SSSR count). The number of nitrogens with zero attached hydrogens (tertiary/aromatic N) is 1. The van der Waals surface area contributed by atoms with Gasteiger partial charge in [-0.2, -0.15) is 0 Å². The van der Waals surface area contributed by atoms with Crippen LogP contribution < -0.4 is 9.64 Å². The van der Waals surface area contributed by atoms with Crippen molar-refractivity contribution in [2.45, 2.75) is 43.7 Å². The fourth-order valence-electron chi connectivity index (χ4n) is 4.49. The minimum Gasteiger partial charge on any atom is -0.455 e. The summed E-state index contributed by atoms with van der Waals surface area (Å²) in [6.07, 6.45) is 4.78. The molecule has 4 nitrogen and oxygen atoms in total. The average molecular weight is 356 g/mol. The fraction of sp³-hybridized carbons (Fsp3) is 0.350. The highest BCUT2D eigenvalue weighted by molar-refractivity contribution is 6.31. The number of hydrogen-bond donors (Lipinski definition) is 0. The highest BCUT2D eigenvalue weighted by atomic mass is 35.5. The molecule has 2 aromatic rings. The number of benzene rings is 2. The summed E-state index contributed by atoms with van der Waals surface area (Å²) in [7, 11) is 0. The van der Waals surface area contributed by atoms with Gasteiger partial charge >= 0.3 is 6.09 Å². The van der Waals surface area contributed by atoms with Crippen LogP contribution in [0.3, 0.4) is 0 Å². The van der Waals surface area contributed by atoms with E-state index in [9.17, 15) is 4.79 Å². The molecule has 0 aromatic heterocycles. The standard InChI is InChI=1S/C20H18ClNO3/c21-13-8-9-17-15(12-13)22-18(14-6-2-3-7-16(14)24-17)20(25-19(22)23)10-4-1-5-11-20/h2-3,6-9,12,18H,1,4-5,10-11H2. The zero-order valence-electron chi connectivity index (χ0n) is 13.7. The molecular formula is C20H18ClNO3. The van der Waals surface area contributed by atoms with E-state index in [0.717, 1.165) is 37.0 Å². The van der Waals surface area contributed by atoms with Crippen molar-refractivity contribution in [3.05, 3.63) is 53.1 Å². The first kappa shape index (κ1) is 15.1. The maximum absolute atomic E-state index is 12.9. The van der Waals surface area contributed by atoms with Gasteiger partial charge in [-0.25, -0.2) is 4.79 Å². The van der Waals surface area contributed by atoms with E-state index in [1.807, 2.05) is 30.3 Å². The Labute approximate surface area is 151 Å². The number of hydrogen-bond acceptors (Lipinski definition) is 3. The minimum absolute atomic E-state index is 0.184. The van der Waals surface area contributed by atoms with Crippen molar-refractivity contribution in [1.29, 1.82) is 0 Å². The van der Waals surface area contributed by atoms with Crippen molar-refractivity contribution < 1.29 is 14.3 Å². The van der Waals surface area contributed by atoms with Gasteiger partial charge in [0.1, 0.15) is 17.4 Å². The second-order valence-electron chi connectivity index (χ2n) is 7.02. The zero-order chi connectivity index (χ0) is 17.0. The van der Waals surface area contributed by atoms with Crippen LogP contribution in [0, 0.1) is 0 Å². The Balaban J connectivity index is 1.77. The number of ether oxygens (including phenoxy) is 2. The maximum Gasteiger partial charge on any atom is 0.415 e. The van der Waals surface area contributed by atoms with Crippen molar-refractivity contribution in [2.75, 3.05) is 4.90 Å². The van der Waals surface area contributed by atoms with Gasteiger partial charge in [-0.1, -0.05) is 36.2 Å². The summed E-state index contributed by atoms with van der Waals surface area (Å²) in [5.41, 5.74) is 1.20. The minimum atomic E-state index is -0.487. The van der Waals surface area contributed by atoms with E-state index in [4.69, 9.17) is 21.1 Å². The number of fused-ring (bicyclic) bond motifs is 6. The lowest BCUT2D eigenvalue weighted by molar-refractivity contribution is 0.00429. The second kappa shape index (κ2) is 5.40. The summed E-state index contributed by atoms with van der Waals surface area (Å²) in [5.74, 6) is 1.41. The molecule has 128 valence electrons. The summed E-state index contributed by atoms with van der Waals surface area (Å²) in [4.78, 5) is 14.7. The molecular weight excluding hydrogens is 338 g/mol. The van der Waals surface area contributed by atoms with Crippen molar-refractivity contribution in [1.82, 2.24) is 0 Å². The van der Waals surface area contributed by atoms with Crippen molar-refractivity contribution in [2.24, 2.45) is 0 Å². The van der Waals surface area contributed by atoms with Gasteiger partial charge in [-0.05, 0) is 49.9 Å². The lowest BCUT2D eigenvalue weighted by Gasteiger charge is -2.37. The van der Waals surface area contributed by atoms with Crippen LogP contribution in [-0.4, -0.2) is 11.7 Å². The van der Waals surface area contributed by atoms with Crippen LogP contribution in [-0.2, 0) is 4.74 Å². The van der Waals surface area contributed by atoms with Gasteiger partial charge in [0.25, 0.3) is 0 Å². The van der Waals surface area contributed by atoms with Crippen LogP contribution in [0.2, 0.25) is 5.02 Å². The SMILES string of the molecule is O=C1OC2(CCCCC2)C2c3ccccc3Oc3ccc(Cl)cc3N12. The van der Waals surface area contributed by atoms with Crippen LogP contribution in [0.25, 0.3) is 0 Å². The molecule has 1 aliphatic carbocycles. The van der Waals surface area contributed by atoms with Gasteiger partial charge in [0.2, 0.25) is 0 Å². The second-order valence-corrected chi connectivity index (χ2v) is 7.45. The molecule has 1 atom stereocenters. The summed E-state index contributed by atoms with van der Waals surface area (Å²) in [6.45, 7) is 0. The van der Waals surface area contributed by atoms with Crippen LogP contribution in [0.4, 0.5) is 10.5 Å². The first-order valence-electron chi connectivity index (χ1n) is 8.76. The smallest absolute Gasteiger partial charge is 0.415 e. The molecule has 0 N–H and O–H groups in total. The Morgan fingerprint density at radius 2 is 1.84 bits per heavy atom. The third-order valence-corrected chi connectivity index (χ3v) is 5.79. The highest BCUT2D eigenvalue weighted by Crippen LogP contribution is 2.56. The van der Waals surface area contributed by atoms with E-state index in [2.05, 4.69) is 0 Å². The highest BCUT2D eigenvalue weighted by Gasteiger charge is 2.57. The van der Waals surface area contributed by atoms with E-state index in [1.54, 1.807) is 17.0 Å². The summed E-state index contributed by atoms with van der Waals surface area (Å²) in [6, 6.07) is 13.1. The Hall–Kier alpha value is -2.20. The van der Waals surface area contributed by atoms with Crippen LogP contribution in [0.15, 0.2) is 42.5 Å². The van der Waals surface area contributed by atoms with Gasteiger partial charge < -0.3 is 9.47 Å². The van der Waals surface area contributed by atoms with Crippen molar-refractivity contribution in [3.63, 3.8) is 0 Å². The number of para-hydroxylation sites is 1. The van der Waals surface area contributed by atoms with E-state index < -0.39 is 5.60 Å². The molecule has 2 aliphatic heterocycles. The summed E-state index contributed by atoms with van der Waals surface area (Å²) >= 11 is 6.22. The molecule has 1 saturated heterocycles. The number of carbonyl (C=O) groups excluding carboxylic acids is 1. The van der Waals surface area contributed by atoms with Crippen molar-refractivity contribution in [3.8, 4) is 11.5 Å². The lowest BCUT2D eigenvalue weighted by Crippen LogP contribution is -2.40. The van der Waals surface area contributed by atoms with Gasteiger partial charge in [0, 0.05) is 10.6 Å².